The lowest BCUT2D eigenvalue weighted by molar-refractivity contribution is 0.797. The van der Waals surface area contributed by atoms with Crippen molar-refractivity contribution in [3.05, 3.63) is 89.0 Å². The van der Waals surface area contributed by atoms with E-state index in [0.29, 0.717) is 6.71 Å². The Labute approximate surface area is 159 Å². The summed E-state index contributed by atoms with van der Waals surface area (Å²) < 4.78 is 0. The van der Waals surface area contributed by atoms with Gasteiger partial charge < -0.3 is 0 Å². The van der Waals surface area contributed by atoms with Crippen LogP contribution in [-0.2, 0) is 6.42 Å². The van der Waals surface area contributed by atoms with E-state index in [9.17, 15) is 0 Å². The molecule has 0 N–H and O–H groups in total. The molecule has 0 aromatic heterocycles. The van der Waals surface area contributed by atoms with Crippen LogP contribution in [0.2, 0.25) is 0 Å². The highest BCUT2D eigenvalue weighted by Crippen LogP contribution is 2.09. The molecule has 0 aliphatic rings. The second-order valence-corrected chi connectivity index (χ2v) is 7.56. The summed E-state index contributed by atoms with van der Waals surface area (Å²) in [6.07, 6.45) is 3.62. The number of rotatable bonds is 6. The first-order valence-corrected chi connectivity index (χ1v) is 9.81. The first-order valence-electron chi connectivity index (χ1n) is 9.81. The maximum atomic E-state index is 2.39. The number of aryl methyl sites for hydroxylation is 4. The third-order valence-electron chi connectivity index (χ3n) is 5.23. The second kappa shape index (κ2) is 8.40. The minimum Gasteiger partial charge on any atom is -0.0686 e. The van der Waals surface area contributed by atoms with Crippen LogP contribution in [0.3, 0.4) is 0 Å². The molecule has 0 aliphatic carbocycles. The lowest BCUT2D eigenvalue weighted by Crippen LogP contribution is -2.53. The molecule has 0 unspecified atom stereocenters. The summed E-state index contributed by atoms with van der Waals surface area (Å²) in [6.45, 7) is 9.08. The highest BCUT2D eigenvalue weighted by molar-refractivity contribution is 6.95. The zero-order valence-corrected chi connectivity index (χ0v) is 16.5. The molecule has 0 spiro atoms. The van der Waals surface area contributed by atoms with E-state index in [1.54, 1.807) is 0 Å². The molecule has 0 bridgehead atoms. The van der Waals surface area contributed by atoms with Gasteiger partial charge in [-0.15, -0.1) is 0 Å². The maximum absolute atomic E-state index is 2.39. The Hall–Kier alpha value is -2.28. The highest BCUT2D eigenvalue weighted by atomic mass is 14.1. The Morgan fingerprint density at radius 2 is 1.15 bits per heavy atom. The monoisotopic (exact) mass is 340 g/mol. The van der Waals surface area contributed by atoms with E-state index in [1.807, 2.05) is 0 Å². The maximum Gasteiger partial charge on any atom is 0.241 e. The van der Waals surface area contributed by atoms with Gasteiger partial charge in [-0.1, -0.05) is 119 Å². The lowest BCUT2D eigenvalue weighted by atomic mass is 9.36. The Kier molecular flexibility index (Phi) is 5.98. The predicted octanol–water partition coefficient (Wildman–Crippen LogP) is 4.47. The van der Waals surface area contributed by atoms with Crippen LogP contribution in [0.4, 0.5) is 0 Å². The van der Waals surface area contributed by atoms with Crippen molar-refractivity contribution < 1.29 is 0 Å². The van der Waals surface area contributed by atoms with Crippen molar-refractivity contribution in [1.29, 1.82) is 0 Å². The minimum atomic E-state index is 0.295. The van der Waals surface area contributed by atoms with E-state index in [-0.39, 0.29) is 0 Å². The Morgan fingerprint density at radius 1 is 0.654 bits per heavy atom. The van der Waals surface area contributed by atoms with Crippen LogP contribution in [0, 0.1) is 20.8 Å². The van der Waals surface area contributed by atoms with Crippen LogP contribution in [0.15, 0.2) is 66.7 Å². The summed E-state index contributed by atoms with van der Waals surface area (Å²) in [5.41, 5.74) is 9.68. The van der Waals surface area contributed by atoms with Crippen LogP contribution in [0.5, 0.6) is 0 Å². The molecule has 3 aromatic carbocycles. The fraction of sp³-hybridized carbons (Fsp3) is 0.280. The molecular formula is C25H29B. The largest absolute Gasteiger partial charge is 0.241 e. The molecule has 0 saturated carbocycles. The molecule has 0 amide bonds. The average Bonchev–Trinajstić information content (AvgIpc) is 2.64. The molecule has 0 atom stereocenters. The standard InChI is InChI=1S/C25H29B/c1-5-6-7-22-18-21(4)12-17-25(22)26(23-13-8-19(2)9-14-23)24-15-10-20(3)11-16-24/h8-18H,5-7H2,1-4H3. The minimum absolute atomic E-state index is 0.295. The molecular weight excluding hydrogens is 311 g/mol. The molecule has 3 aromatic rings. The highest BCUT2D eigenvalue weighted by Gasteiger charge is 2.24. The van der Waals surface area contributed by atoms with Crippen molar-refractivity contribution in [2.75, 3.05) is 0 Å². The molecule has 0 radical (unpaired) electrons. The van der Waals surface area contributed by atoms with Gasteiger partial charge in [-0.3, -0.25) is 0 Å². The summed E-state index contributed by atoms with van der Waals surface area (Å²) in [6, 6.07) is 25.1. The van der Waals surface area contributed by atoms with E-state index < -0.39 is 0 Å². The van der Waals surface area contributed by atoms with E-state index in [0.717, 1.165) is 6.42 Å². The molecule has 1 heteroatoms. The van der Waals surface area contributed by atoms with Crippen LogP contribution in [-0.4, -0.2) is 6.71 Å². The third kappa shape index (κ3) is 4.27. The van der Waals surface area contributed by atoms with Crippen LogP contribution >= 0.6 is 0 Å². The van der Waals surface area contributed by atoms with Gasteiger partial charge in [-0.05, 0) is 33.6 Å². The number of unbranched alkanes of at least 4 members (excludes halogenated alkanes) is 1. The van der Waals surface area contributed by atoms with E-state index >= 15 is 0 Å². The molecule has 0 aliphatic heterocycles. The van der Waals surface area contributed by atoms with Gasteiger partial charge in [-0.25, -0.2) is 0 Å². The molecule has 0 nitrogen and oxygen atoms in total. The third-order valence-corrected chi connectivity index (χ3v) is 5.23. The normalized spacial score (nSPS) is 10.8. The van der Waals surface area contributed by atoms with Crippen molar-refractivity contribution in [2.45, 2.75) is 47.0 Å². The SMILES string of the molecule is CCCCc1cc(C)ccc1B(c1ccc(C)cc1)c1ccc(C)cc1. The fourth-order valence-electron chi connectivity index (χ4n) is 3.67. The predicted molar refractivity (Wildman–Crippen MR) is 117 cm³/mol. The van der Waals surface area contributed by atoms with Crippen LogP contribution in [0.25, 0.3) is 0 Å². The van der Waals surface area contributed by atoms with Crippen molar-refractivity contribution in [3.8, 4) is 0 Å². The van der Waals surface area contributed by atoms with Crippen molar-refractivity contribution in [2.24, 2.45) is 0 Å². The Balaban J connectivity index is 2.14. The molecule has 0 fully saturated rings. The zero-order valence-electron chi connectivity index (χ0n) is 16.5. The second-order valence-electron chi connectivity index (χ2n) is 7.56. The number of hydrogen-bond donors (Lipinski definition) is 0. The number of hydrogen-bond acceptors (Lipinski definition) is 0. The summed E-state index contributed by atoms with van der Waals surface area (Å²) in [5.74, 6) is 0. The summed E-state index contributed by atoms with van der Waals surface area (Å²) in [7, 11) is 0. The molecule has 132 valence electrons. The van der Waals surface area contributed by atoms with Crippen LogP contribution < -0.4 is 16.4 Å². The quantitative estimate of drug-likeness (QED) is 0.581. The van der Waals surface area contributed by atoms with E-state index in [1.165, 1.54) is 51.5 Å². The van der Waals surface area contributed by atoms with Gasteiger partial charge >= 0.3 is 0 Å². The van der Waals surface area contributed by atoms with Crippen molar-refractivity contribution in [1.82, 2.24) is 0 Å². The average molecular weight is 340 g/mol. The first kappa shape index (κ1) is 18.5. The topological polar surface area (TPSA) is 0 Å². The molecule has 0 saturated heterocycles. The van der Waals surface area contributed by atoms with Gasteiger partial charge in [0.2, 0.25) is 6.71 Å². The van der Waals surface area contributed by atoms with Gasteiger partial charge in [-0.2, -0.15) is 0 Å². The Bertz CT molecular complexity index is 799. The van der Waals surface area contributed by atoms with Gasteiger partial charge in [0.1, 0.15) is 0 Å². The van der Waals surface area contributed by atoms with E-state index in [2.05, 4.69) is 94.4 Å². The first-order chi connectivity index (χ1) is 12.6. The lowest BCUT2D eigenvalue weighted by Gasteiger charge is -2.20. The summed E-state index contributed by atoms with van der Waals surface area (Å²) >= 11 is 0. The molecule has 0 heterocycles. The molecule has 3 rings (SSSR count). The number of benzene rings is 3. The van der Waals surface area contributed by atoms with Gasteiger partial charge in [0.25, 0.3) is 0 Å². The van der Waals surface area contributed by atoms with Crippen LogP contribution in [0.1, 0.15) is 42.0 Å². The van der Waals surface area contributed by atoms with Gasteiger partial charge in [0.15, 0.2) is 0 Å². The smallest absolute Gasteiger partial charge is 0.0686 e. The van der Waals surface area contributed by atoms with Crippen molar-refractivity contribution >= 4 is 23.1 Å². The molecule has 26 heavy (non-hydrogen) atoms. The summed E-state index contributed by atoms with van der Waals surface area (Å²) in [5, 5.41) is 0. The van der Waals surface area contributed by atoms with Gasteiger partial charge in [0.05, 0.1) is 0 Å². The fourth-order valence-corrected chi connectivity index (χ4v) is 3.67. The van der Waals surface area contributed by atoms with Crippen molar-refractivity contribution in [3.63, 3.8) is 0 Å². The van der Waals surface area contributed by atoms with E-state index in [4.69, 9.17) is 0 Å². The van der Waals surface area contributed by atoms with Gasteiger partial charge in [0, 0.05) is 0 Å². The Morgan fingerprint density at radius 3 is 1.65 bits per heavy atom. The summed E-state index contributed by atoms with van der Waals surface area (Å²) in [4.78, 5) is 0. The zero-order chi connectivity index (χ0) is 18.5.